The third kappa shape index (κ3) is 3.19. The average Bonchev–Trinajstić information content (AvgIpc) is 2.05. The van der Waals surface area contributed by atoms with Crippen LogP contribution in [0.15, 0.2) is 36.0 Å². The van der Waals surface area contributed by atoms with E-state index in [1.165, 1.54) is 11.1 Å². The fourth-order valence-electron chi connectivity index (χ4n) is 1.01. The molecule has 0 aliphatic rings. The Labute approximate surface area is 69.3 Å². The molecule has 0 bridgehead atoms. The number of hydrogen-bond acceptors (Lipinski definition) is 1. The molecule has 0 aromatic carbocycles. The van der Waals surface area contributed by atoms with E-state index in [0.29, 0.717) is 6.54 Å². The Hall–Kier alpha value is -0.820. The quantitative estimate of drug-likeness (QED) is 0.613. The first-order valence-electron chi connectivity index (χ1n) is 3.97. The molecule has 0 spiro atoms. The van der Waals surface area contributed by atoms with Crippen LogP contribution in [0.5, 0.6) is 0 Å². The summed E-state index contributed by atoms with van der Waals surface area (Å²) in [4.78, 5) is 0. The van der Waals surface area contributed by atoms with Crippen LogP contribution in [0.1, 0.15) is 20.3 Å². The van der Waals surface area contributed by atoms with E-state index in [1.807, 2.05) is 25.2 Å². The van der Waals surface area contributed by atoms with E-state index in [2.05, 4.69) is 13.5 Å². The zero-order chi connectivity index (χ0) is 8.69. The first-order valence-corrected chi connectivity index (χ1v) is 3.97. The molecule has 0 saturated carbocycles. The van der Waals surface area contributed by atoms with Crippen molar-refractivity contribution in [1.29, 1.82) is 0 Å². The molecule has 0 radical (unpaired) electrons. The summed E-state index contributed by atoms with van der Waals surface area (Å²) in [5, 5.41) is 0. The maximum absolute atomic E-state index is 5.55. The molecule has 2 N–H and O–H groups in total. The average molecular weight is 151 g/mol. The number of allylic oxidation sites excluding steroid dienone is 3. The van der Waals surface area contributed by atoms with Crippen LogP contribution in [0.25, 0.3) is 0 Å². The second-order valence-electron chi connectivity index (χ2n) is 2.31. The fraction of sp³-hybridized carbons (Fsp3) is 0.400. The van der Waals surface area contributed by atoms with Gasteiger partial charge in [0.25, 0.3) is 0 Å². The van der Waals surface area contributed by atoms with E-state index in [-0.39, 0.29) is 0 Å². The van der Waals surface area contributed by atoms with Gasteiger partial charge < -0.3 is 5.73 Å². The molecule has 0 rings (SSSR count). The maximum Gasteiger partial charge on any atom is 0.0180 e. The summed E-state index contributed by atoms with van der Waals surface area (Å²) in [6, 6.07) is 0. The highest BCUT2D eigenvalue weighted by atomic mass is 14.5. The van der Waals surface area contributed by atoms with Crippen molar-refractivity contribution in [2.24, 2.45) is 5.73 Å². The summed E-state index contributed by atoms with van der Waals surface area (Å²) in [6.45, 7) is 8.43. The molecule has 0 aliphatic heterocycles. The molecule has 11 heavy (non-hydrogen) atoms. The smallest absolute Gasteiger partial charge is 0.0180 e. The number of rotatable bonds is 4. The van der Waals surface area contributed by atoms with Crippen LogP contribution in [0, 0.1) is 0 Å². The van der Waals surface area contributed by atoms with Crippen molar-refractivity contribution in [2.75, 3.05) is 6.54 Å². The monoisotopic (exact) mass is 151 g/mol. The summed E-state index contributed by atoms with van der Waals surface area (Å²) in [5.74, 6) is 0. The van der Waals surface area contributed by atoms with Gasteiger partial charge in [-0.05, 0) is 24.5 Å². The highest BCUT2D eigenvalue weighted by molar-refractivity contribution is 5.32. The van der Waals surface area contributed by atoms with Crippen molar-refractivity contribution in [3.63, 3.8) is 0 Å². The first kappa shape index (κ1) is 10.2. The standard InChI is InChI=1S/C10H17N/c1-4-7-10(8-11)9(5-2)6-3/h4-5,7H,2,6,8,11H2,1,3H3/b7-4-,10-9+. The topological polar surface area (TPSA) is 26.0 Å². The van der Waals surface area contributed by atoms with Gasteiger partial charge in [0.2, 0.25) is 0 Å². The molecule has 0 aromatic rings. The molecule has 0 atom stereocenters. The van der Waals surface area contributed by atoms with Crippen LogP contribution in [0.3, 0.4) is 0 Å². The van der Waals surface area contributed by atoms with Crippen molar-refractivity contribution in [3.8, 4) is 0 Å². The van der Waals surface area contributed by atoms with Gasteiger partial charge in [0, 0.05) is 6.54 Å². The van der Waals surface area contributed by atoms with Gasteiger partial charge in [-0.25, -0.2) is 0 Å². The predicted octanol–water partition coefficient (Wildman–Crippen LogP) is 2.41. The minimum Gasteiger partial charge on any atom is -0.326 e. The van der Waals surface area contributed by atoms with Gasteiger partial charge in [-0.1, -0.05) is 31.7 Å². The minimum absolute atomic E-state index is 0.597. The predicted molar refractivity (Wildman–Crippen MR) is 51.4 cm³/mol. The van der Waals surface area contributed by atoms with Crippen LogP contribution in [0.4, 0.5) is 0 Å². The molecular weight excluding hydrogens is 134 g/mol. The lowest BCUT2D eigenvalue weighted by Crippen LogP contribution is -2.03. The molecule has 0 unspecified atom stereocenters. The fourth-order valence-corrected chi connectivity index (χ4v) is 1.01. The van der Waals surface area contributed by atoms with Crippen LogP contribution in [0.2, 0.25) is 0 Å². The third-order valence-electron chi connectivity index (χ3n) is 1.63. The Kier molecular flexibility index (Phi) is 5.49. The van der Waals surface area contributed by atoms with Gasteiger partial charge in [-0.15, -0.1) is 0 Å². The lowest BCUT2D eigenvalue weighted by Gasteiger charge is -2.03. The largest absolute Gasteiger partial charge is 0.326 e. The van der Waals surface area contributed by atoms with Crippen LogP contribution >= 0.6 is 0 Å². The zero-order valence-electron chi connectivity index (χ0n) is 7.43. The molecule has 0 amide bonds. The second kappa shape index (κ2) is 5.93. The summed E-state index contributed by atoms with van der Waals surface area (Å²) >= 11 is 0. The Morgan fingerprint density at radius 1 is 1.45 bits per heavy atom. The lowest BCUT2D eigenvalue weighted by atomic mass is 10.1. The molecule has 0 saturated heterocycles. The highest BCUT2D eigenvalue weighted by Crippen LogP contribution is 2.09. The van der Waals surface area contributed by atoms with Gasteiger partial charge in [0.1, 0.15) is 0 Å². The van der Waals surface area contributed by atoms with E-state index < -0.39 is 0 Å². The van der Waals surface area contributed by atoms with Gasteiger partial charge in [0.05, 0.1) is 0 Å². The Morgan fingerprint density at radius 2 is 2.09 bits per heavy atom. The van der Waals surface area contributed by atoms with Gasteiger partial charge in [-0.2, -0.15) is 0 Å². The first-order chi connectivity index (χ1) is 5.29. The third-order valence-corrected chi connectivity index (χ3v) is 1.63. The molecule has 1 nitrogen and oxygen atoms in total. The molecule has 0 heterocycles. The molecule has 0 fully saturated rings. The molecular formula is C10H17N. The van der Waals surface area contributed by atoms with E-state index in [9.17, 15) is 0 Å². The van der Waals surface area contributed by atoms with Crippen LogP contribution in [-0.4, -0.2) is 6.54 Å². The van der Waals surface area contributed by atoms with Gasteiger partial charge in [0.15, 0.2) is 0 Å². The normalized spacial score (nSPS) is 13.4. The Morgan fingerprint density at radius 3 is 2.36 bits per heavy atom. The van der Waals surface area contributed by atoms with Crippen LogP contribution in [-0.2, 0) is 0 Å². The molecule has 0 aliphatic carbocycles. The Bertz CT molecular complexity index is 175. The zero-order valence-corrected chi connectivity index (χ0v) is 7.43. The SMILES string of the molecule is C=C/C(CC)=C(/C=C\C)CN. The number of hydrogen-bond donors (Lipinski definition) is 1. The maximum atomic E-state index is 5.55. The van der Waals surface area contributed by atoms with E-state index >= 15 is 0 Å². The van der Waals surface area contributed by atoms with Gasteiger partial charge >= 0.3 is 0 Å². The summed E-state index contributed by atoms with van der Waals surface area (Å²) in [7, 11) is 0. The number of nitrogens with two attached hydrogens (primary N) is 1. The highest BCUT2D eigenvalue weighted by Gasteiger charge is 1.94. The van der Waals surface area contributed by atoms with Crippen molar-refractivity contribution in [1.82, 2.24) is 0 Å². The summed E-state index contributed by atoms with van der Waals surface area (Å²) < 4.78 is 0. The second-order valence-corrected chi connectivity index (χ2v) is 2.31. The Balaban J connectivity index is 4.61. The van der Waals surface area contributed by atoms with Crippen molar-refractivity contribution in [3.05, 3.63) is 36.0 Å². The van der Waals surface area contributed by atoms with E-state index in [0.717, 1.165) is 6.42 Å². The minimum atomic E-state index is 0.597. The molecule has 0 aromatic heterocycles. The van der Waals surface area contributed by atoms with Crippen LogP contribution < -0.4 is 5.73 Å². The van der Waals surface area contributed by atoms with Gasteiger partial charge in [-0.3, -0.25) is 0 Å². The van der Waals surface area contributed by atoms with Crippen molar-refractivity contribution in [2.45, 2.75) is 20.3 Å². The lowest BCUT2D eigenvalue weighted by molar-refractivity contribution is 1.07. The summed E-state index contributed by atoms with van der Waals surface area (Å²) in [6.07, 6.45) is 6.92. The van der Waals surface area contributed by atoms with E-state index in [4.69, 9.17) is 5.73 Å². The molecule has 1 heteroatoms. The van der Waals surface area contributed by atoms with Crippen molar-refractivity contribution >= 4 is 0 Å². The van der Waals surface area contributed by atoms with Crippen molar-refractivity contribution < 1.29 is 0 Å². The molecule has 62 valence electrons. The van der Waals surface area contributed by atoms with E-state index in [1.54, 1.807) is 0 Å². The summed E-state index contributed by atoms with van der Waals surface area (Å²) in [5.41, 5.74) is 7.98.